The second kappa shape index (κ2) is 5.83. The van der Waals surface area contributed by atoms with Crippen LogP contribution in [0, 0.1) is 5.82 Å². The molecule has 2 N–H and O–H groups in total. The Hall–Kier alpha value is -2.89. The third-order valence-corrected chi connectivity index (χ3v) is 2.40. The number of carbonyl (C=O) groups excluding carboxylic acids is 1. The van der Waals surface area contributed by atoms with Gasteiger partial charge >= 0.3 is 12.1 Å². The van der Waals surface area contributed by atoms with Crippen molar-refractivity contribution in [3.63, 3.8) is 0 Å². The highest BCUT2D eigenvalue weighted by atomic mass is 19.1. The van der Waals surface area contributed by atoms with Crippen LogP contribution < -0.4 is 10.1 Å². The van der Waals surface area contributed by atoms with Crippen LogP contribution in [0.15, 0.2) is 48.5 Å². The number of carbonyl (C=O) groups is 2. The summed E-state index contributed by atoms with van der Waals surface area (Å²) in [5.74, 6) is -1.68. The first-order chi connectivity index (χ1) is 9.56. The van der Waals surface area contributed by atoms with Crippen LogP contribution in [-0.2, 0) is 0 Å². The minimum Gasteiger partial charge on any atom is -0.478 e. The summed E-state index contributed by atoms with van der Waals surface area (Å²) in [4.78, 5) is 22.3. The fraction of sp³-hybridized carbons (Fsp3) is 0. The molecule has 0 saturated carbocycles. The van der Waals surface area contributed by atoms with E-state index in [4.69, 9.17) is 9.84 Å². The van der Waals surface area contributed by atoms with Gasteiger partial charge in [0, 0.05) is 0 Å². The number of para-hydroxylation sites is 1. The summed E-state index contributed by atoms with van der Waals surface area (Å²) >= 11 is 0. The number of hydrogen-bond acceptors (Lipinski definition) is 3. The number of rotatable bonds is 3. The van der Waals surface area contributed by atoms with Gasteiger partial charge in [-0.2, -0.15) is 0 Å². The van der Waals surface area contributed by atoms with Gasteiger partial charge in [0.05, 0.1) is 11.3 Å². The van der Waals surface area contributed by atoms with Crippen molar-refractivity contribution in [3.8, 4) is 5.75 Å². The maximum Gasteiger partial charge on any atom is 0.417 e. The molecule has 5 nitrogen and oxygen atoms in total. The molecule has 1 amide bonds. The molecule has 0 heterocycles. The number of hydrogen-bond donors (Lipinski definition) is 2. The smallest absolute Gasteiger partial charge is 0.417 e. The second-order valence-electron chi connectivity index (χ2n) is 3.83. The highest BCUT2D eigenvalue weighted by Crippen LogP contribution is 2.17. The molecule has 0 atom stereocenters. The standard InChI is InChI=1S/C14H10FNO4/c15-11-7-6-9(13(17)18)8-12(11)16-14(19)20-10-4-2-1-3-5-10/h1-8H,(H,16,19)(H,17,18). The zero-order valence-electron chi connectivity index (χ0n) is 10.2. The van der Waals surface area contributed by atoms with E-state index in [1.807, 2.05) is 0 Å². The van der Waals surface area contributed by atoms with Gasteiger partial charge in [-0.25, -0.2) is 14.0 Å². The van der Waals surface area contributed by atoms with Crippen molar-refractivity contribution in [1.29, 1.82) is 0 Å². The SMILES string of the molecule is O=C(Nc1cc(C(=O)O)ccc1F)Oc1ccccc1. The van der Waals surface area contributed by atoms with Gasteiger partial charge in [0.1, 0.15) is 11.6 Å². The van der Waals surface area contributed by atoms with Crippen molar-refractivity contribution < 1.29 is 23.8 Å². The minimum atomic E-state index is -1.22. The van der Waals surface area contributed by atoms with E-state index >= 15 is 0 Å². The van der Waals surface area contributed by atoms with Crippen LogP contribution in [0.5, 0.6) is 5.75 Å². The largest absolute Gasteiger partial charge is 0.478 e. The summed E-state index contributed by atoms with van der Waals surface area (Å²) in [5.41, 5.74) is -0.396. The summed E-state index contributed by atoms with van der Waals surface area (Å²) in [6.45, 7) is 0. The van der Waals surface area contributed by atoms with Crippen LogP contribution in [0.3, 0.4) is 0 Å². The van der Waals surface area contributed by atoms with E-state index < -0.39 is 17.9 Å². The molecule has 0 aromatic heterocycles. The number of amides is 1. The van der Waals surface area contributed by atoms with Crippen LogP contribution in [-0.4, -0.2) is 17.2 Å². The molecule has 0 fully saturated rings. The zero-order valence-corrected chi connectivity index (χ0v) is 10.2. The molecule has 0 aliphatic rings. The third-order valence-electron chi connectivity index (χ3n) is 2.40. The molecule has 0 radical (unpaired) electrons. The second-order valence-corrected chi connectivity index (χ2v) is 3.83. The number of carboxylic acids is 1. The lowest BCUT2D eigenvalue weighted by Gasteiger charge is -2.08. The molecule has 0 saturated heterocycles. The van der Waals surface area contributed by atoms with Gasteiger partial charge in [-0.05, 0) is 30.3 Å². The predicted molar refractivity (Wildman–Crippen MR) is 69.4 cm³/mol. The highest BCUT2D eigenvalue weighted by molar-refractivity contribution is 5.92. The Morgan fingerprint density at radius 2 is 1.80 bits per heavy atom. The van der Waals surface area contributed by atoms with Crippen LogP contribution in [0.4, 0.5) is 14.9 Å². The summed E-state index contributed by atoms with van der Waals surface area (Å²) in [6, 6.07) is 11.3. The average molecular weight is 275 g/mol. The van der Waals surface area contributed by atoms with E-state index in [9.17, 15) is 14.0 Å². The van der Waals surface area contributed by atoms with Gasteiger partial charge in [0.2, 0.25) is 0 Å². The Bertz CT molecular complexity index is 643. The average Bonchev–Trinajstić information content (AvgIpc) is 2.42. The highest BCUT2D eigenvalue weighted by Gasteiger charge is 2.12. The van der Waals surface area contributed by atoms with E-state index in [0.717, 1.165) is 18.2 Å². The van der Waals surface area contributed by atoms with Crippen LogP contribution in [0.2, 0.25) is 0 Å². The molecular weight excluding hydrogens is 265 g/mol. The maximum atomic E-state index is 13.5. The lowest BCUT2D eigenvalue weighted by atomic mass is 10.2. The summed E-state index contributed by atoms with van der Waals surface area (Å²) in [6.07, 6.45) is -0.905. The van der Waals surface area contributed by atoms with Crippen LogP contribution in [0.1, 0.15) is 10.4 Å². The van der Waals surface area contributed by atoms with E-state index in [0.29, 0.717) is 5.75 Å². The zero-order chi connectivity index (χ0) is 14.5. The number of aromatic carboxylic acids is 1. The first-order valence-corrected chi connectivity index (χ1v) is 5.63. The van der Waals surface area contributed by atoms with Gasteiger partial charge in [-0.15, -0.1) is 0 Å². The van der Waals surface area contributed by atoms with E-state index in [2.05, 4.69) is 5.32 Å². The van der Waals surface area contributed by atoms with Gasteiger partial charge in [-0.3, -0.25) is 5.32 Å². The van der Waals surface area contributed by atoms with Crippen molar-refractivity contribution in [3.05, 3.63) is 59.9 Å². The Labute approximate surface area is 113 Å². The Balaban J connectivity index is 2.11. The minimum absolute atomic E-state index is 0.138. The summed E-state index contributed by atoms with van der Waals surface area (Å²) < 4.78 is 18.4. The van der Waals surface area contributed by atoms with Crippen molar-refractivity contribution in [2.75, 3.05) is 5.32 Å². The van der Waals surface area contributed by atoms with Crippen molar-refractivity contribution in [1.82, 2.24) is 0 Å². The quantitative estimate of drug-likeness (QED) is 0.902. The van der Waals surface area contributed by atoms with Gasteiger partial charge in [0.15, 0.2) is 0 Å². The maximum absolute atomic E-state index is 13.5. The molecule has 0 bridgehead atoms. The predicted octanol–water partition coefficient (Wildman–Crippen LogP) is 3.13. The molecule has 20 heavy (non-hydrogen) atoms. The summed E-state index contributed by atoms with van der Waals surface area (Å²) in [5, 5.41) is 11.0. The molecule has 102 valence electrons. The topological polar surface area (TPSA) is 75.6 Å². The number of halogens is 1. The number of benzene rings is 2. The van der Waals surface area contributed by atoms with Gasteiger partial charge in [0.25, 0.3) is 0 Å². The van der Waals surface area contributed by atoms with E-state index in [1.165, 1.54) is 0 Å². The molecular formula is C14H10FNO4. The van der Waals surface area contributed by atoms with Crippen LogP contribution >= 0.6 is 0 Å². The molecule has 2 aromatic carbocycles. The Morgan fingerprint density at radius 3 is 2.45 bits per heavy atom. The summed E-state index contributed by atoms with van der Waals surface area (Å²) in [7, 11) is 0. The van der Waals surface area contributed by atoms with Crippen molar-refractivity contribution in [2.24, 2.45) is 0 Å². The van der Waals surface area contributed by atoms with E-state index in [-0.39, 0.29) is 11.3 Å². The Kier molecular flexibility index (Phi) is 3.95. The number of nitrogens with one attached hydrogen (secondary N) is 1. The van der Waals surface area contributed by atoms with Gasteiger partial charge in [-0.1, -0.05) is 18.2 Å². The Morgan fingerprint density at radius 1 is 1.10 bits per heavy atom. The fourth-order valence-electron chi connectivity index (χ4n) is 1.49. The lowest BCUT2D eigenvalue weighted by Crippen LogP contribution is -2.18. The molecule has 0 unspecified atom stereocenters. The molecule has 0 spiro atoms. The van der Waals surface area contributed by atoms with Gasteiger partial charge < -0.3 is 9.84 Å². The fourth-order valence-corrected chi connectivity index (χ4v) is 1.49. The lowest BCUT2D eigenvalue weighted by molar-refractivity contribution is 0.0697. The molecule has 6 heteroatoms. The van der Waals surface area contributed by atoms with Crippen LogP contribution in [0.25, 0.3) is 0 Å². The number of carboxylic acid groups (broad SMARTS) is 1. The third kappa shape index (κ3) is 3.32. The molecule has 0 aliphatic carbocycles. The first kappa shape index (κ1) is 13.5. The van der Waals surface area contributed by atoms with Crippen molar-refractivity contribution >= 4 is 17.7 Å². The monoisotopic (exact) mass is 275 g/mol. The van der Waals surface area contributed by atoms with E-state index in [1.54, 1.807) is 30.3 Å². The number of ether oxygens (including phenoxy) is 1. The molecule has 0 aliphatic heterocycles. The molecule has 2 aromatic rings. The van der Waals surface area contributed by atoms with Crippen molar-refractivity contribution in [2.45, 2.75) is 0 Å². The first-order valence-electron chi connectivity index (χ1n) is 5.63. The normalized spacial score (nSPS) is 9.85. The molecule has 2 rings (SSSR count). The number of anilines is 1.